The number of carbonyl (C=O) groups excluding carboxylic acids is 1. The van der Waals surface area contributed by atoms with E-state index < -0.39 is 0 Å². The van der Waals surface area contributed by atoms with Crippen molar-refractivity contribution < 1.29 is 4.79 Å². The van der Waals surface area contributed by atoms with Gasteiger partial charge in [0.15, 0.2) is 0 Å². The molecule has 0 aromatic carbocycles. The minimum Gasteiger partial charge on any atom is -0.336 e. The molecule has 1 aromatic rings. The molecule has 14 heavy (non-hydrogen) atoms. The SMILES string of the molecule is CC(C)c1ccc2c(n1)CN(C)C2=O. The normalized spacial score (nSPS) is 15.1. The maximum Gasteiger partial charge on any atom is 0.255 e. The van der Waals surface area contributed by atoms with Crippen LogP contribution in [-0.4, -0.2) is 22.8 Å². The zero-order valence-corrected chi connectivity index (χ0v) is 8.74. The standard InChI is InChI=1S/C11H14N2O/c1-7(2)9-5-4-8-10(12-9)6-13(3)11(8)14/h4-5,7H,6H2,1-3H3. The highest BCUT2D eigenvalue weighted by molar-refractivity contribution is 5.97. The number of hydrogen-bond acceptors (Lipinski definition) is 2. The zero-order valence-electron chi connectivity index (χ0n) is 8.74. The van der Waals surface area contributed by atoms with E-state index in [-0.39, 0.29) is 5.91 Å². The molecule has 0 unspecified atom stereocenters. The molecule has 1 amide bonds. The summed E-state index contributed by atoms with van der Waals surface area (Å²) in [6.45, 7) is 4.86. The second kappa shape index (κ2) is 3.08. The molecule has 0 fully saturated rings. The van der Waals surface area contributed by atoms with Crippen molar-refractivity contribution in [1.82, 2.24) is 9.88 Å². The van der Waals surface area contributed by atoms with Gasteiger partial charge in [-0.1, -0.05) is 13.8 Å². The largest absolute Gasteiger partial charge is 0.336 e. The van der Waals surface area contributed by atoms with Crippen LogP contribution < -0.4 is 0 Å². The number of amides is 1. The van der Waals surface area contributed by atoms with Gasteiger partial charge in [0.25, 0.3) is 5.91 Å². The Labute approximate surface area is 83.8 Å². The lowest BCUT2D eigenvalue weighted by Crippen LogP contribution is -2.17. The first-order valence-corrected chi connectivity index (χ1v) is 4.85. The predicted molar refractivity (Wildman–Crippen MR) is 54.1 cm³/mol. The van der Waals surface area contributed by atoms with E-state index in [0.717, 1.165) is 17.0 Å². The van der Waals surface area contributed by atoms with Crippen molar-refractivity contribution in [3.63, 3.8) is 0 Å². The Morgan fingerprint density at radius 1 is 1.43 bits per heavy atom. The Hall–Kier alpha value is -1.38. The molecule has 1 aromatic heterocycles. The van der Waals surface area contributed by atoms with Crippen LogP contribution in [0.3, 0.4) is 0 Å². The number of nitrogens with zero attached hydrogens (tertiary/aromatic N) is 2. The number of pyridine rings is 1. The van der Waals surface area contributed by atoms with Gasteiger partial charge >= 0.3 is 0 Å². The van der Waals surface area contributed by atoms with Crippen LogP contribution in [0.1, 0.15) is 41.5 Å². The number of fused-ring (bicyclic) bond motifs is 1. The molecule has 0 spiro atoms. The molecular formula is C11H14N2O. The van der Waals surface area contributed by atoms with E-state index in [1.54, 1.807) is 11.9 Å². The number of rotatable bonds is 1. The molecular weight excluding hydrogens is 176 g/mol. The number of hydrogen-bond donors (Lipinski definition) is 0. The number of aromatic nitrogens is 1. The third kappa shape index (κ3) is 1.29. The smallest absolute Gasteiger partial charge is 0.255 e. The van der Waals surface area contributed by atoms with Crippen molar-refractivity contribution in [1.29, 1.82) is 0 Å². The Bertz CT molecular complexity index is 385. The van der Waals surface area contributed by atoms with Gasteiger partial charge in [-0.2, -0.15) is 0 Å². The Morgan fingerprint density at radius 2 is 2.14 bits per heavy atom. The molecule has 0 N–H and O–H groups in total. The second-order valence-corrected chi connectivity index (χ2v) is 4.05. The fourth-order valence-electron chi connectivity index (χ4n) is 1.66. The summed E-state index contributed by atoms with van der Waals surface area (Å²) in [6.07, 6.45) is 0. The average Bonchev–Trinajstić information content (AvgIpc) is 2.42. The molecule has 0 aliphatic carbocycles. The monoisotopic (exact) mass is 190 g/mol. The molecule has 74 valence electrons. The lowest BCUT2D eigenvalue weighted by atomic mass is 10.1. The second-order valence-electron chi connectivity index (χ2n) is 4.05. The van der Waals surface area contributed by atoms with Crippen molar-refractivity contribution in [3.05, 3.63) is 29.1 Å². The Kier molecular flexibility index (Phi) is 2.02. The average molecular weight is 190 g/mol. The van der Waals surface area contributed by atoms with E-state index in [2.05, 4.69) is 18.8 Å². The van der Waals surface area contributed by atoms with Crippen LogP contribution in [-0.2, 0) is 6.54 Å². The van der Waals surface area contributed by atoms with Gasteiger partial charge in [-0.3, -0.25) is 9.78 Å². The third-order valence-corrected chi connectivity index (χ3v) is 2.55. The molecule has 3 heteroatoms. The van der Waals surface area contributed by atoms with Crippen molar-refractivity contribution in [2.45, 2.75) is 26.3 Å². The molecule has 0 saturated heterocycles. The Balaban J connectivity index is 2.44. The molecule has 0 saturated carbocycles. The van der Waals surface area contributed by atoms with Crippen LogP contribution in [0.5, 0.6) is 0 Å². The molecule has 0 bridgehead atoms. The molecule has 1 aliphatic rings. The highest BCUT2D eigenvalue weighted by Crippen LogP contribution is 2.22. The fraction of sp³-hybridized carbons (Fsp3) is 0.455. The Morgan fingerprint density at radius 3 is 2.79 bits per heavy atom. The van der Waals surface area contributed by atoms with E-state index >= 15 is 0 Å². The molecule has 2 heterocycles. The molecule has 3 nitrogen and oxygen atoms in total. The topological polar surface area (TPSA) is 33.2 Å². The van der Waals surface area contributed by atoms with Crippen molar-refractivity contribution in [3.8, 4) is 0 Å². The van der Waals surface area contributed by atoms with Gasteiger partial charge in [0.2, 0.25) is 0 Å². The lowest BCUT2D eigenvalue weighted by molar-refractivity contribution is 0.0816. The van der Waals surface area contributed by atoms with Crippen LogP contribution >= 0.6 is 0 Å². The van der Waals surface area contributed by atoms with Crippen LogP contribution in [0.4, 0.5) is 0 Å². The first-order valence-electron chi connectivity index (χ1n) is 4.85. The fourth-order valence-corrected chi connectivity index (χ4v) is 1.66. The maximum atomic E-state index is 11.6. The summed E-state index contributed by atoms with van der Waals surface area (Å²) in [7, 11) is 1.80. The van der Waals surface area contributed by atoms with E-state index in [9.17, 15) is 4.79 Å². The van der Waals surface area contributed by atoms with Gasteiger partial charge in [-0.05, 0) is 18.1 Å². The molecule has 1 aliphatic heterocycles. The number of carbonyl (C=O) groups is 1. The van der Waals surface area contributed by atoms with Gasteiger partial charge in [0.05, 0.1) is 17.8 Å². The first kappa shape index (κ1) is 9.19. The lowest BCUT2D eigenvalue weighted by Gasteiger charge is -2.05. The van der Waals surface area contributed by atoms with E-state index in [0.29, 0.717) is 12.5 Å². The summed E-state index contributed by atoms with van der Waals surface area (Å²) in [5.41, 5.74) is 2.74. The highest BCUT2D eigenvalue weighted by Gasteiger charge is 2.25. The first-order chi connectivity index (χ1) is 6.59. The van der Waals surface area contributed by atoms with E-state index in [1.165, 1.54) is 0 Å². The van der Waals surface area contributed by atoms with Gasteiger partial charge in [0, 0.05) is 12.7 Å². The van der Waals surface area contributed by atoms with Crippen molar-refractivity contribution >= 4 is 5.91 Å². The van der Waals surface area contributed by atoms with Crippen LogP contribution in [0, 0.1) is 0 Å². The summed E-state index contributed by atoms with van der Waals surface area (Å²) in [4.78, 5) is 17.8. The minimum absolute atomic E-state index is 0.0859. The predicted octanol–water partition coefficient (Wildman–Crippen LogP) is 1.79. The van der Waals surface area contributed by atoms with Gasteiger partial charge in [-0.15, -0.1) is 0 Å². The van der Waals surface area contributed by atoms with Gasteiger partial charge in [-0.25, -0.2) is 0 Å². The van der Waals surface area contributed by atoms with Crippen LogP contribution in [0.25, 0.3) is 0 Å². The van der Waals surface area contributed by atoms with E-state index in [1.807, 2.05) is 12.1 Å². The van der Waals surface area contributed by atoms with E-state index in [4.69, 9.17) is 0 Å². The van der Waals surface area contributed by atoms with Crippen molar-refractivity contribution in [2.24, 2.45) is 0 Å². The maximum absolute atomic E-state index is 11.6. The zero-order chi connectivity index (χ0) is 10.3. The van der Waals surface area contributed by atoms with Gasteiger partial charge in [0.1, 0.15) is 0 Å². The summed E-state index contributed by atoms with van der Waals surface area (Å²) in [5, 5.41) is 0. The molecule has 0 radical (unpaired) electrons. The summed E-state index contributed by atoms with van der Waals surface area (Å²) < 4.78 is 0. The van der Waals surface area contributed by atoms with Crippen molar-refractivity contribution in [2.75, 3.05) is 7.05 Å². The van der Waals surface area contributed by atoms with Crippen LogP contribution in [0.2, 0.25) is 0 Å². The summed E-state index contributed by atoms with van der Waals surface area (Å²) in [6, 6.07) is 3.84. The minimum atomic E-state index is 0.0859. The highest BCUT2D eigenvalue weighted by atomic mass is 16.2. The van der Waals surface area contributed by atoms with Crippen LogP contribution in [0.15, 0.2) is 12.1 Å². The van der Waals surface area contributed by atoms with Gasteiger partial charge < -0.3 is 4.90 Å². The quantitative estimate of drug-likeness (QED) is 0.676. The molecule has 0 atom stereocenters. The summed E-state index contributed by atoms with van der Waals surface area (Å²) >= 11 is 0. The summed E-state index contributed by atoms with van der Waals surface area (Å²) in [5.74, 6) is 0.504. The molecule has 2 rings (SSSR count). The third-order valence-electron chi connectivity index (χ3n) is 2.55.